The molecule has 1 aromatic rings. The second-order valence-corrected chi connectivity index (χ2v) is 5.22. The van der Waals surface area contributed by atoms with Crippen molar-refractivity contribution >= 4 is 11.5 Å². The first-order valence-electron chi connectivity index (χ1n) is 6.54. The van der Waals surface area contributed by atoms with E-state index in [-0.39, 0.29) is 18.5 Å². The summed E-state index contributed by atoms with van der Waals surface area (Å²) in [5.41, 5.74) is 8.46. The quantitative estimate of drug-likeness (QED) is 0.332. The summed E-state index contributed by atoms with van der Waals surface area (Å²) in [5, 5.41) is 21.6. The van der Waals surface area contributed by atoms with Crippen molar-refractivity contribution in [2.45, 2.75) is 26.3 Å². The standard InChI is InChI=1S/C14H21N3O2/c1-9-3-4-12(11(7-9)14(15)16-19)17-6-5-10(2)13(17)8-18/h3-4,7,10,13,18-19H,5-6,8H2,1-2H3,(H2,15,16). The Balaban J connectivity index is 2.45. The van der Waals surface area contributed by atoms with Gasteiger partial charge >= 0.3 is 0 Å². The summed E-state index contributed by atoms with van der Waals surface area (Å²) in [6.45, 7) is 5.10. The van der Waals surface area contributed by atoms with Gasteiger partial charge < -0.3 is 20.9 Å². The van der Waals surface area contributed by atoms with E-state index in [0.717, 1.165) is 29.8 Å². The Kier molecular flexibility index (Phi) is 3.95. The van der Waals surface area contributed by atoms with Crippen molar-refractivity contribution in [1.29, 1.82) is 0 Å². The predicted octanol–water partition coefficient (Wildman–Crippen LogP) is 1.30. The van der Waals surface area contributed by atoms with Gasteiger partial charge in [0.2, 0.25) is 0 Å². The largest absolute Gasteiger partial charge is 0.409 e. The van der Waals surface area contributed by atoms with Crippen molar-refractivity contribution in [2.75, 3.05) is 18.1 Å². The molecule has 1 aliphatic rings. The van der Waals surface area contributed by atoms with Crippen molar-refractivity contribution in [3.05, 3.63) is 29.3 Å². The van der Waals surface area contributed by atoms with Crippen LogP contribution in [0, 0.1) is 12.8 Å². The second-order valence-electron chi connectivity index (χ2n) is 5.22. The molecule has 0 aromatic heterocycles. The average Bonchev–Trinajstić information content (AvgIpc) is 2.78. The molecule has 0 saturated carbocycles. The highest BCUT2D eigenvalue weighted by molar-refractivity contribution is 6.02. The first-order valence-corrected chi connectivity index (χ1v) is 6.54. The first-order chi connectivity index (χ1) is 9.08. The normalized spacial score (nSPS) is 23.9. The maximum absolute atomic E-state index is 9.56. The number of benzene rings is 1. The number of hydrogen-bond acceptors (Lipinski definition) is 4. The van der Waals surface area contributed by atoms with E-state index in [2.05, 4.69) is 17.0 Å². The lowest BCUT2D eigenvalue weighted by Crippen LogP contribution is -2.36. The minimum absolute atomic E-state index is 0.0907. The van der Waals surface area contributed by atoms with Crippen LogP contribution in [0.5, 0.6) is 0 Å². The molecule has 1 aromatic carbocycles. The molecule has 0 bridgehead atoms. The number of rotatable bonds is 3. The zero-order chi connectivity index (χ0) is 14.0. The zero-order valence-electron chi connectivity index (χ0n) is 11.4. The van der Waals surface area contributed by atoms with Crippen molar-refractivity contribution in [1.82, 2.24) is 0 Å². The molecular formula is C14H21N3O2. The van der Waals surface area contributed by atoms with E-state index in [0.29, 0.717) is 5.92 Å². The van der Waals surface area contributed by atoms with E-state index in [1.54, 1.807) is 0 Å². The zero-order valence-corrected chi connectivity index (χ0v) is 11.4. The maximum Gasteiger partial charge on any atom is 0.172 e. The van der Waals surface area contributed by atoms with Crippen LogP contribution in [0.15, 0.2) is 23.4 Å². The van der Waals surface area contributed by atoms with Crippen LogP contribution in [0.25, 0.3) is 0 Å². The summed E-state index contributed by atoms with van der Waals surface area (Å²) in [6, 6.07) is 5.97. The lowest BCUT2D eigenvalue weighted by Gasteiger charge is -2.29. The molecule has 2 atom stereocenters. The molecule has 5 nitrogen and oxygen atoms in total. The van der Waals surface area contributed by atoms with Gasteiger partial charge in [0.15, 0.2) is 5.84 Å². The fourth-order valence-corrected chi connectivity index (χ4v) is 2.75. The molecule has 1 heterocycles. The number of amidine groups is 1. The first kappa shape index (κ1) is 13.7. The van der Waals surface area contributed by atoms with Gasteiger partial charge in [-0.05, 0) is 31.4 Å². The number of nitrogens with zero attached hydrogens (tertiary/aromatic N) is 2. The van der Waals surface area contributed by atoms with Crippen LogP contribution in [-0.4, -0.2) is 35.3 Å². The smallest absolute Gasteiger partial charge is 0.172 e. The van der Waals surface area contributed by atoms with Crippen LogP contribution in [-0.2, 0) is 0 Å². The Morgan fingerprint density at radius 1 is 1.53 bits per heavy atom. The van der Waals surface area contributed by atoms with Gasteiger partial charge in [-0.15, -0.1) is 0 Å². The lowest BCUT2D eigenvalue weighted by molar-refractivity contribution is 0.244. The highest BCUT2D eigenvalue weighted by Gasteiger charge is 2.32. The summed E-state index contributed by atoms with van der Waals surface area (Å²) in [6.07, 6.45) is 1.04. The van der Waals surface area contributed by atoms with Crippen molar-refractivity contribution in [2.24, 2.45) is 16.8 Å². The maximum atomic E-state index is 9.56. The summed E-state index contributed by atoms with van der Waals surface area (Å²) in [7, 11) is 0. The Morgan fingerprint density at radius 2 is 2.26 bits per heavy atom. The van der Waals surface area contributed by atoms with E-state index >= 15 is 0 Å². The number of oxime groups is 1. The van der Waals surface area contributed by atoms with E-state index in [1.165, 1.54) is 0 Å². The third-order valence-corrected chi connectivity index (χ3v) is 3.91. The van der Waals surface area contributed by atoms with Gasteiger partial charge in [-0.3, -0.25) is 0 Å². The summed E-state index contributed by atoms with van der Waals surface area (Å²) >= 11 is 0. The van der Waals surface area contributed by atoms with E-state index in [1.807, 2.05) is 25.1 Å². The van der Waals surface area contributed by atoms with Gasteiger partial charge in [-0.2, -0.15) is 0 Å². The van der Waals surface area contributed by atoms with E-state index < -0.39 is 0 Å². The highest BCUT2D eigenvalue weighted by Crippen LogP contribution is 2.32. The van der Waals surface area contributed by atoms with Crippen LogP contribution in [0.4, 0.5) is 5.69 Å². The highest BCUT2D eigenvalue weighted by atomic mass is 16.4. The molecule has 5 heteroatoms. The SMILES string of the molecule is Cc1ccc(N2CCC(C)C2CO)c(/C(N)=N/O)c1. The van der Waals surface area contributed by atoms with Crippen LogP contribution in [0.2, 0.25) is 0 Å². The Morgan fingerprint density at radius 3 is 2.89 bits per heavy atom. The van der Waals surface area contributed by atoms with Crippen LogP contribution in [0.1, 0.15) is 24.5 Å². The minimum Gasteiger partial charge on any atom is -0.409 e. The fourth-order valence-electron chi connectivity index (χ4n) is 2.75. The summed E-state index contributed by atoms with van der Waals surface area (Å²) in [4.78, 5) is 2.15. The minimum atomic E-state index is 0.0907. The molecule has 0 spiro atoms. The Labute approximate surface area is 113 Å². The molecule has 1 fully saturated rings. The molecule has 1 saturated heterocycles. The molecule has 2 rings (SSSR count). The number of aryl methyl sites for hydroxylation is 1. The van der Waals surface area contributed by atoms with Gasteiger partial charge in [-0.25, -0.2) is 0 Å². The van der Waals surface area contributed by atoms with Crippen molar-refractivity contribution in [3.63, 3.8) is 0 Å². The summed E-state index contributed by atoms with van der Waals surface area (Å²) in [5.74, 6) is 0.543. The number of hydrogen-bond donors (Lipinski definition) is 3. The lowest BCUT2D eigenvalue weighted by atomic mass is 10.0. The topological polar surface area (TPSA) is 82.1 Å². The molecular weight excluding hydrogens is 242 g/mol. The third kappa shape index (κ3) is 2.51. The van der Waals surface area contributed by atoms with E-state index in [4.69, 9.17) is 10.9 Å². The van der Waals surface area contributed by atoms with Crippen molar-refractivity contribution < 1.29 is 10.3 Å². The monoisotopic (exact) mass is 263 g/mol. The molecule has 0 radical (unpaired) electrons. The van der Waals surface area contributed by atoms with Gasteiger partial charge in [0, 0.05) is 17.8 Å². The number of nitrogens with two attached hydrogens (primary N) is 1. The number of anilines is 1. The van der Waals surface area contributed by atoms with Crippen LogP contribution >= 0.6 is 0 Å². The Bertz CT molecular complexity index is 488. The molecule has 104 valence electrons. The number of aliphatic hydroxyl groups excluding tert-OH is 1. The Hall–Kier alpha value is -1.75. The summed E-state index contributed by atoms with van der Waals surface area (Å²) < 4.78 is 0. The van der Waals surface area contributed by atoms with Crippen LogP contribution in [0.3, 0.4) is 0 Å². The molecule has 0 aliphatic carbocycles. The molecule has 1 aliphatic heterocycles. The van der Waals surface area contributed by atoms with Crippen LogP contribution < -0.4 is 10.6 Å². The molecule has 2 unspecified atom stereocenters. The van der Waals surface area contributed by atoms with Gasteiger partial charge in [0.25, 0.3) is 0 Å². The van der Waals surface area contributed by atoms with Gasteiger partial charge in [0.05, 0.1) is 12.6 Å². The predicted molar refractivity (Wildman–Crippen MR) is 75.7 cm³/mol. The third-order valence-electron chi connectivity index (χ3n) is 3.91. The second kappa shape index (κ2) is 5.48. The molecule has 4 N–H and O–H groups in total. The number of aliphatic hydroxyl groups is 1. The van der Waals surface area contributed by atoms with Crippen molar-refractivity contribution in [3.8, 4) is 0 Å². The molecule has 0 amide bonds. The fraction of sp³-hybridized carbons (Fsp3) is 0.500. The van der Waals surface area contributed by atoms with Gasteiger partial charge in [-0.1, -0.05) is 23.7 Å². The van der Waals surface area contributed by atoms with E-state index in [9.17, 15) is 5.11 Å². The molecule has 19 heavy (non-hydrogen) atoms. The average molecular weight is 263 g/mol. The van der Waals surface area contributed by atoms with Gasteiger partial charge in [0.1, 0.15) is 0 Å².